The van der Waals surface area contributed by atoms with Gasteiger partial charge in [0.15, 0.2) is 11.5 Å². The first-order chi connectivity index (χ1) is 9.56. The van der Waals surface area contributed by atoms with Gasteiger partial charge >= 0.3 is 0 Å². The van der Waals surface area contributed by atoms with E-state index in [1.165, 1.54) is 20.3 Å². The molecule has 0 bridgehead atoms. The Morgan fingerprint density at radius 2 is 2.15 bits per heavy atom. The highest BCUT2D eigenvalue weighted by Crippen LogP contribution is 2.30. The minimum atomic E-state index is -0.297. The molecule has 0 amide bonds. The van der Waals surface area contributed by atoms with Crippen LogP contribution in [0.25, 0.3) is 11.4 Å². The Morgan fingerprint density at radius 3 is 2.80 bits per heavy atom. The Kier molecular flexibility index (Phi) is 4.41. The summed E-state index contributed by atoms with van der Waals surface area (Å²) in [5.41, 5.74) is 0.828. The minimum Gasteiger partial charge on any atom is -0.504 e. The molecule has 0 saturated carbocycles. The van der Waals surface area contributed by atoms with Crippen molar-refractivity contribution in [3.63, 3.8) is 0 Å². The number of nitrogens with one attached hydrogen (secondary N) is 1. The molecule has 1 aromatic heterocycles. The summed E-state index contributed by atoms with van der Waals surface area (Å²) < 4.78 is 10.4. The molecule has 6 nitrogen and oxygen atoms in total. The third-order valence-electron chi connectivity index (χ3n) is 2.67. The van der Waals surface area contributed by atoms with Crippen molar-refractivity contribution in [1.82, 2.24) is 9.97 Å². The largest absolute Gasteiger partial charge is 0.504 e. The highest BCUT2D eigenvalue weighted by Gasteiger charge is 2.12. The quantitative estimate of drug-likeness (QED) is 0.889. The number of ether oxygens (including phenoxy) is 2. The monoisotopic (exact) mass is 340 g/mol. The van der Waals surface area contributed by atoms with Crippen molar-refractivity contribution < 1.29 is 14.6 Å². The normalized spacial score (nSPS) is 10.6. The fourth-order valence-corrected chi connectivity index (χ4v) is 2.00. The number of methoxy groups -OCH3 is 2. The second kappa shape index (κ2) is 6.06. The van der Waals surface area contributed by atoms with Crippen molar-refractivity contribution in [2.45, 2.75) is 6.61 Å². The number of phenolic OH excluding ortho intramolecular Hbond substituents is 1. The smallest absolute Gasteiger partial charge is 0.265 e. The van der Waals surface area contributed by atoms with Gasteiger partial charge in [-0.2, -0.15) is 0 Å². The van der Waals surface area contributed by atoms with E-state index in [0.29, 0.717) is 27.3 Å². The molecule has 0 aliphatic rings. The van der Waals surface area contributed by atoms with Crippen LogP contribution in [-0.2, 0) is 11.3 Å². The lowest BCUT2D eigenvalue weighted by molar-refractivity contribution is 0.180. The maximum atomic E-state index is 11.9. The van der Waals surface area contributed by atoms with Crippen molar-refractivity contribution in [2.75, 3.05) is 14.2 Å². The zero-order valence-electron chi connectivity index (χ0n) is 10.9. The molecule has 0 aliphatic heterocycles. The zero-order valence-corrected chi connectivity index (χ0v) is 12.5. The number of phenols is 1. The molecular weight excluding hydrogens is 328 g/mol. The van der Waals surface area contributed by atoms with E-state index in [-0.39, 0.29) is 17.9 Å². The number of benzene rings is 1. The van der Waals surface area contributed by atoms with E-state index in [1.54, 1.807) is 12.1 Å². The summed E-state index contributed by atoms with van der Waals surface area (Å²) in [6, 6.07) is 4.71. The first-order valence-corrected chi connectivity index (χ1v) is 6.51. The molecule has 2 N–H and O–H groups in total. The van der Waals surface area contributed by atoms with E-state index in [2.05, 4.69) is 25.9 Å². The molecule has 2 aromatic rings. The van der Waals surface area contributed by atoms with Gasteiger partial charge in [-0.1, -0.05) is 0 Å². The zero-order chi connectivity index (χ0) is 14.7. The lowest BCUT2D eigenvalue weighted by atomic mass is 10.2. The van der Waals surface area contributed by atoms with Crippen LogP contribution >= 0.6 is 15.9 Å². The van der Waals surface area contributed by atoms with Gasteiger partial charge in [-0.3, -0.25) is 4.79 Å². The predicted octanol–water partition coefficient (Wildman–Crippen LogP) is 2.06. The van der Waals surface area contributed by atoms with Gasteiger partial charge in [-0.05, 0) is 34.1 Å². The fraction of sp³-hybridized carbons (Fsp3) is 0.231. The van der Waals surface area contributed by atoms with Crippen molar-refractivity contribution >= 4 is 15.9 Å². The summed E-state index contributed by atoms with van der Waals surface area (Å²) in [7, 11) is 2.98. The molecule has 20 heavy (non-hydrogen) atoms. The van der Waals surface area contributed by atoms with Gasteiger partial charge in [-0.15, -0.1) is 0 Å². The van der Waals surface area contributed by atoms with E-state index >= 15 is 0 Å². The summed E-state index contributed by atoms with van der Waals surface area (Å²) in [6.07, 6.45) is 0. The Bertz CT molecular complexity index is 685. The van der Waals surface area contributed by atoms with Gasteiger partial charge in [-0.25, -0.2) is 4.98 Å². The predicted molar refractivity (Wildman–Crippen MR) is 76.9 cm³/mol. The molecule has 0 radical (unpaired) electrons. The minimum absolute atomic E-state index is 0.0211. The van der Waals surface area contributed by atoms with Crippen LogP contribution in [0.5, 0.6) is 11.5 Å². The first-order valence-electron chi connectivity index (χ1n) is 5.71. The Hall–Kier alpha value is -1.86. The molecular formula is C13H13BrN2O4. The molecule has 7 heteroatoms. The second-order valence-corrected chi connectivity index (χ2v) is 4.79. The summed E-state index contributed by atoms with van der Waals surface area (Å²) in [4.78, 5) is 18.8. The summed E-state index contributed by atoms with van der Waals surface area (Å²) in [5, 5.41) is 9.57. The van der Waals surface area contributed by atoms with Gasteiger partial charge < -0.3 is 19.6 Å². The Balaban J connectivity index is 2.55. The van der Waals surface area contributed by atoms with Crippen LogP contribution in [0.4, 0.5) is 0 Å². The highest BCUT2D eigenvalue weighted by molar-refractivity contribution is 9.10. The number of halogens is 1. The summed E-state index contributed by atoms with van der Waals surface area (Å²) >= 11 is 3.18. The van der Waals surface area contributed by atoms with E-state index in [9.17, 15) is 9.90 Å². The molecule has 0 unspecified atom stereocenters. The van der Waals surface area contributed by atoms with Gasteiger partial charge in [0.2, 0.25) is 0 Å². The van der Waals surface area contributed by atoms with Crippen LogP contribution in [0.1, 0.15) is 5.69 Å². The average Bonchev–Trinajstić information content (AvgIpc) is 2.44. The van der Waals surface area contributed by atoms with Gasteiger partial charge in [0.25, 0.3) is 5.56 Å². The van der Waals surface area contributed by atoms with Gasteiger partial charge in [0.1, 0.15) is 10.3 Å². The van der Waals surface area contributed by atoms with Crippen LogP contribution in [0.15, 0.2) is 27.5 Å². The lowest BCUT2D eigenvalue weighted by Gasteiger charge is -2.08. The average molecular weight is 341 g/mol. The van der Waals surface area contributed by atoms with Crippen LogP contribution < -0.4 is 10.3 Å². The molecule has 0 atom stereocenters. The van der Waals surface area contributed by atoms with Crippen molar-refractivity contribution in [2.24, 2.45) is 0 Å². The van der Waals surface area contributed by atoms with Crippen LogP contribution in [0, 0.1) is 0 Å². The molecule has 0 aliphatic carbocycles. The number of aromatic nitrogens is 2. The number of aromatic hydroxyl groups is 1. The van der Waals surface area contributed by atoms with E-state index in [1.807, 2.05) is 0 Å². The molecule has 106 valence electrons. The lowest BCUT2D eigenvalue weighted by Crippen LogP contribution is -2.14. The van der Waals surface area contributed by atoms with Crippen molar-refractivity contribution in [3.05, 3.63) is 38.7 Å². The van der Waals surface area contributed by atoms with E-state index < -0.39 is 0 Å². The second-order valence-electron chi connectivity index (χ2n) is 3.99. The molecule has 1 heterocycles. The third-order valence-corrected chi connectivity index (χ3v) is 3.48. The third kappa shape index (κ3) is 2.83. The van der Waals surface area contributed by atoms with Gasteiger partial charge in [0, 0.05) is 12.7 Å². The summed E-state index contributed by atoms with van der Waals surface area (Å²) in [5.74, 6) is 0.706. The number of hydrogen-bond acceptors (Lipinski definition) is 5. The number of hydrogen-bond donors (Lipinski definition) is 2. The first kappa shape index (κ1) is 14.5. The standard InChI is InChI=1S/C13H13BrN2O4/c1-19-6-8-11(14)13(18)16-12(15-8)7-3-4-9(17)10(5-7)20-2/h3-5,17H,6H2,1-2H3,(H,15,16,18). The van der Waals surface area contributed by atoms with Gasteiger partial charge in [0.05, 0.1) is 19.4 Å². The maximum Gasteiger partial charge on any atom is 0.265 e. The highest BCUT2D eigenvalue weighted by atomic mass is 79.9. The molecule has 0 fully saturated rings. The van der Waals surface area contributed by atoms with E-state index in [4.69, 9.17) is 9.47 Å². The van der Waals surface area contributed by atoms with Crippen LogP contribution in [0.2, 0.25) is 0 Å². The van der Waals surface area contributed by atoms with Crippen molar-refractivity contribution in [3.8, 4) is 22.9 Å². The molecule has 0 saturated heterocycles. The Labute approximate surface area is 123 Å². The molecule has 2 rings (SSSR count). The Morgan fingerprint density at radius 1 is 1.40 bits per heavy atom. The fourth-order valence-electron chi connectivity index (χ4n) is 1.70. The number of aromatic amines is 1. The maximum absolute atomic E-state index is 11.9. The van der Waals surface area contributed by atoms with Crippen LogP contribution in [0.3, 0.4) is 0 Å². The molecule has 1 aromatic carbocycles. The van der Waals surface area contributed by atoms with E-state index in [0.717, 1.165) is 0 Å². The topological polar surface area (TPSA) is 84.4 Å². The summed E-state index contributed by atoms with van der Waals surface area (Å²) in [6.45, 7) is 0.215. The SMILES string of the molecule is COCc1nc(-c2ccc(O)c(OC)c2)[nH]c(=O)c1Br. The van der Waals surface area contributed by atoms with Crippen LogP contribution in [-0.4, -0.2) is 29.3 Å². The number of nitrogens with zero attached hydrogens (tertiary/aromatic N) is 1. The number of H-pyrrole nitrogens is 1. The van der Waals surface area contributed by atoms with Crippen molar-refractivity contribution in [1.29, 1.82) is 0 Å². The molecule has 0 spiro atoms. The number of rotatable bonds is 4.